The molecule has 4 aliphatic rings. The van der Waals surface area contributed by atoms with Gasteiger partial charge >= 0.3 is 0 Å². The molecule has 7 atom stereocenters. The van der Waals surface area contributed by atoms with Gasteiger partial charge in [-0.3, -0.25) is 0 Å². The molecule has 4 rings (SSSR count). The Kier molecular flexibility index (Phi) is 7.78. The van der Waals surface area contributed by atoms with Crippen LogP contribution in [0.25, 0.3) is 0 Å². The molecule has 0 radical (unpaired) electrons. The fraction of sp³-hybridized carbons (Fsp3) is 0.829. The lowest BCUT2D eigenvalue weighted by atomic mass is 9.46. The first-order valence-corrected chi connectivity index (χ1v) is 18.6. The quantitative estimate of drug-likeness (QED) is 0.238. The second kappa shape index (κ2) is 9.79. The van der Waals surface area contributed by atoms with Gasteiger partial charge in [-0.25, -0.2) is 0 Å². The van der Waals surface area contributed by atoms with E-state index in [-0.39, 0.29) is 10.5 Å². The van der Waals surface area contributed by atoms with Gasteiger partial charge in [-0.2, -0.15) is 0 Å². The maximum atomic E-state index is 7.13. The zero-order valence-electron chi connectivity index (χ0n) is 26.5. The lowest BCUT2D eigenvalue weighted by molar-refractivity contribution is -0.0113. The molecule has 0 aromatic rings. The summed E-state index contributed by atoms with van der Waals surface area (Å²) in [6, 6.07) is 0. The molecule has 0 saturated heterocycles. The van der Waals surface area contributed by atoms with Crippen molar-refractivity contribution < 1.29 is 4.43 Å². The lowest BCUT2D eigenvalue weighted by Gasteiger charge is -2.60. The van der Waals surface area contributed by atoms with Crippen molar-refractivity contribution >= 4 is 8.32 Å². The van der Waals surface area contributed by atoms with Gasteiger partial charge in [0.25, 0.3) is 0 Å². The van der Waals surface area contributed by atoms with Gasteiger partial charge in [-0.1, -0.05) is 90.7 Å². The maximum Gasteiger partial charge on any atom is 0.192 e. The maximum absolute atomic E-state index is 7.13. The third-order valence-electron chi connectivity index (χ3n) is 12.6. The van der Waals surface area contributed by atoms with Crippen LogP contribution in [0.15, 0.2) is 35.5 Å². The molecule has 2 heteroatoms. The first-order chi connectivity index (χ1) is 16.9. The summed E-state index contributed by atoms with van der Waals surface area (Å²) in [7, 11) is -1.81. The van der Waals surface area contributed by atoms with Gasteiger partial charge in [0.1, 0.15) is 0 Å². The summed E-state index contributed by atoms with van der Waals surface area (Å²) in [5.74, 6) is 3.24. The molecule has 210 valence electrons. The Morgan fingerprint density at radius 2 is 1.70 bits per heavy atom. The van der Waals surface area contributed by atoms with E-state index in [4.69, 9.17) is 4.43 Å². The Morgan fingerprint density at radius 3 is 2.32 bits per heavy atom. The molecular weight excluding hydrogens is 464 g/mol. The summed E-state index contributed by atoms with van der Waals surface area (Å²) in [5.41, 5.74) is 5.75. The van der Waals surface area contributed by atoms with Crippen molar-refractivity contribution in [1.82, 2.24) is 0 Å². The normalized spacial score (nSPS) is 38.1. The van der Waals surface area contributed by atoms with Crippen LogP contribution in [0.2, 0.25) is 18.1 Å². The van der Waals surface area contributed by atoms with Crippen LogP contribution in [-0.2, 0) is 4.43 Å². The van der Waals surface area contributed by atoms with Gasteiger partial charge in [-0.15, -0.1) is 6.58 Å². The highest BCUT2D eigenvalue weighted by Gasteiger charge is 2.60. The van der Waals surface area contributed by atoms with Gasteiger partial charge in [0.2, 0.25) is 0 Å². The van der Waals surface area contributed by atoms with E-state index in [9.17, 15) is 0 Å². The van der Waals surface area contributed by atoms with E-state index in [1.54, 1.807) is 5.57 Å². The minimum atomic E-state index is -1.81. The number of hydrogen-bond acceptors (Lipinski definition) is 1. The monoisotopic (exact) mass is 524 g/mol. The van der Waals surface area contributed by atoms with Crippen LogP contribution < -0.4 is 0 Å². The van der Waals surface area contributed by atoms with Gasteiger partial charge in [0.05, 0.1) is 6.10 Å². The molecule has 0 N–H and O–H groups in total. The Labute approximate surface area is 232 Å². The van der Waals surface area contributed by atoms with Crippen LogP contribution in [0.4, 0.5) is 0 Å². The van der Waals surface area contributed by atoms with Crippen LogP contribution in [0, 0.1) is 39.9 Å². The second-order valence-corrected chi connectivity index (χ2v) is 21.2. The number of fused-ring (bicyclic) bond motifs is 5. The van der Waals surface area contributed by atoms with Crippen LogP contribution in [-0.4, -0.2) is 14.4 Å². The average Bonchev–Trinajstić information content (AvgIpc) is 3.12. The molecule has 37 heavy (non-hydrogen) atoms. The zero-order chi connectivity index (χ0) is 27.6. The molecule has 3 fully saturated rings. The molecule has 0 spiro atoms. The Bertz CT molecular complexity index is 945. The van der Waals surface area contributed by atoms with E-state index in [1.807, 2.05) is 5.57 Å². The standard InChI is InChI=1S/C35H60OSi/c1-24(2)14-13-15-25(3)27-17-18-28-26-16-19-30-33(7,8)31(36-37(11,12)32(4,5)6)21-23-35(30,10)29(26)20-22-34(27,28)9/h16,19,25,27-29,31H,1,13-15,17-18,20-23H2,2-12H3/t25-,27-,28+,29+,31+,34-,35-/m1/s1. The Balaban J connectivity index is 1.58. The Hall–Kier alpha value is -0.603. The predicted molar refractivity (Wildman–Crippen MR) is 164 cm³/mol. The van der Waals surface area contributed by atoms with Gasteiger partial charge in [-0.05, 0) is 111 Å². The highest BCUT2D eigenvalue weighted by molar-refractivity contribution is 6.74. The second-order valence-electron chi connectivity index (χ2n) is 16.5. The molecule has 0 unspecified atom stereocenters. The Morgan fingerprint density at radius 1 is 1.03 bits per heavy atom. The van der Waals surface area contributed by atoms with Gasteiger partial charge in [0.15, 0.2) is 8.32 Å². The summed E-state index contributed by atoms with van der Waals surface area (Å²) >= 11 is 0. The number of hydrogen-bond donors (Lipinski definition) is 0. The smallest absolute Gasteiger partial charge is 0.192 e. The highest BCUT2D eigenvalue weighted by Crippen LogP contribution is 2.68. The van der Waals surface area contributed by atoms with Crippen LogP contribution in [0.1, 0.15) is 120 Å². The van der Waals surface area contributed by atoms with Crippen molar-refractivity contribution in [2.75, 3.05) is 0 Å². The van der Waals surface area contributed by atoms with E-state index < -0.39 is 8.32 Å². The van der Waals surface area contributed by atoms with Crippen molar-refractivity contribution in [2.45, 2.75) is 144 Å². The molecule has 1 nitrogen and oxygen atoms in total. The summed E-state index contributed by atoms with van der Waals surface area (Å²) in [6.07, 6.45) is 17.6. The van der Waals surface area contributed by atoms with Crippen LogP contribution >= 0.6 is 0 Å². The summed E-state index contributed by atoms with van der Waals surface area (Å²) in [4.78, 5) is 0. The molecule has 0 aliphatic heterocycles. The summed E-state index contributed by atoms with van der Waals surface area (Å²) in [6.45, 7) is 31.2. The molecule has 4 aliphatic carbocycles. The van der Waals surface area contributed by atoms with Crippen molar-refractivity contribution in [3.8, 4) is 0 Å². The molecule has 0 aromatic carbocycles. The van der Waals surface area contributed by atoms with Crippen LogP contribution in [0.5, 0.6) is 0 Å². The van der Waals surface area contributed by atoms with E-state index in [0.29, 0.717) is 16.9 Å². The zero-order valence-corrected chi connectivity index (χ0v) is 27.5. The lowest BCUT2D eigenvalue weighted by Crippen LogP contribution is -2.55. The minimum absolute atomic E-state index is 0.0985. The highest BCUT2D eigenvalue weighted by atomic mass is 28.4. The fourth-order valence-corrected chi connectivity index (χ4v) is 10.8. The SMILES string of the molecule is C=C(C)CCC[C@@H](C)[C@H]1CC[C@H]2C3=CC=C4C(C)(C)[C@@H](O[Si](C)(C)C(C)(C)C)CC[C@]4(C)[C@H]3CC[C@]12C. The summed E-state index contributed by atoms with van der Waals surface area (Å²) in [5, 5.41) is 0.256. The van der Waals surface area contributed by atoms with Crippen molar-refractivity contribution in [3.05, 3.63) is 35.5 Å². The van der Waals surface area contributed by atoms with E-state index in [2.05, 4.69) is 94.1 Å². The molecule has 0 heterocycles. The average molecular weight is 525 g/mol. The third-order valence-corrected chi connectivity index (χ3v) is 17.1. The topological polar surface area (TPSA) is 9.23 Å². The summed E-state index contributed by atoms with van der Waals surface area (Å²) < 4.78 is 7.13. The van der Waals surface area contributed by atoms with Gasteiger partial charge < -0.3 is 4.43 Å². The largest absolute Gasteiger partial charge is 0.413 e. The minimum Gasteiger partial charge on any atom is -0.413 e. The molecular formula is C35H60OSi. The molecule has 0 amide bonds. The molecule has 0 bridgehead atoms. The third kappa shape index (κ3) is 4.94. The van der Waals surface area contributed by atoms with E-state index in [0.717, 1.165) is 23.7 Å². The van der Waals surface area contributed by atoms with E-state index >= 15 is 0 Å². The van der Waals surface area contributed by atoms with Gasteiger partial charge in [0, 0.05) is 5.41 Å². The predicted octanol–water partition coefficient (Wildman–Crippen LogP) is 10.9. The molecule has 3 saturated carbocycles. The fourth-order valence-electron chi connectivity index (χ4n) is 9.34. The first-order valence-electron chi connectivity index (χ1n) is 15.7. The van der Waals surface area contributed by atoms with Crippen molar-refractivity contribution in [3.63, 3.8) is 0 Å². The number of allylic oxidation sites excluding steroid dienone is 4. The first kappa shape index (κ1) is 29.4. The van der Waals surface area contributed by atoms with E-state index in [1.165, 1.54) is 63.4 Å². The number of rotatable bonds is 7. The van der Waals surface area contributed by atoms with Crippen molar-refractivity contribution in [1.29, 1.82) is 0 Å². The van der Waals surface area contributed by atoms with Crippen molar-refractivity contribution in [2.24, 2.45) is 39.9 Å². The van der Waals surface area contributed by atoms with Crippen LogP contribution in [0.3, 0.4) is 0 Å². The molecule has 0 aromatic heterocycles.